The molecule has 1 amide bonds. The highest BCUT2D eigenvalue weighted by molar-refractivity contribution is 6.31. The molecule has 0 unspecified atom stereocenters. The summed E-state index contributed by atoms with van der Waals surface area (Å²) >= 11 is 6.04. The van der Waals surface area contributed by atoms with Gasteiger partial charge < -0.3 is 5.32 Å². The van der Waals surface area contributed by atoms with Crippen LogP contribution >= 0.6 is 24.0 Å². The number of nitrogens with one attached hydrogen (secondary N) is 2. The Morgan fingerprint density at radius 1 is 1.14 bits per heavy atom. The van der Waals surface area contributed by atoms with Crippen molar-refractivity contribution in [2.24, 2.45) is 5.92 Å². The molecular formula is C22H25Cl2FN2O2. The normalized spacial score (nSPS) is 21.3. The van der Waals surface area contributed by atoms with E-state index >= 15 is 0 Å². The number of halogens is 3. The van der Waals surface area contributed by atoms with Gasteiger partial charge in [0.15, 0.2) is 5.78 Å². The lowest BCUT2D eigenvalue weighted by atomic mass is 9.86. The lowest BCUT2D eigenvalue weighted by Gasteiger charge is -2.23. The first kappa shape index (κ1) is 23.3. The summed E-state index contributed by atoms with van der Waals surface area (Å²) in [6.45, 7) is 5.70. The van der Waals surface area contributed by atoms with Gasteiger partial charge in [0.1, 0.15) is 5.82 Å². The third kappa shape index (κ3) is 5.78. The highest BCUT2D eigenvalue weighted by Gasteiger charge is 2.42. The zero-order valence-electron chi connectivity index (χ0n) is 16.5. The molecule has 2 aromatic rings. The van der Waals surface area contributed by atoms with E-state index in [-0.39, 0.29) is 35.5 Å². The molecule has 3 atom stereocenters. The van der Waals surface area contributed by atoms with Crippen molar-refractivity contribution in [3.05, 3.63) is 70.5 Å². The average Bonchev–Trinajstić information content (AvgIpc) is 3.05. The van der Waals surface area contributed by atoms with Crippen LogP contribution in [-0.4, -0.2) is 23.3 Å². The van der Waals surface area contributed by atoms with Crippen LogP contribution in [0.3, 0.4) is 0 Å². The number of carbonyl (C=O) groups excluding carboxylic acids is 2. The zero-order valence-corrected chi connectivity index (χ0v) is 18.1. The summed E-state index contributed by atoms with van der Waals surface area (Å²) in [5, 5.41) is 6.66. The number of hydrogen-bond donors (Lipinski definition) is 2. The van der Waals surface area contributed by atoms with Gasteiger partial charge in [0.05, 0.1) is 6.04 Å². The molecule has 2 N–H and O–H groups in total. The van der Waals surface area contributed by atoms with Crippen LogP contribution in [0.5, 0.6) is 0 Å². The van der Waals surface area contributed by atoms with Crippen LogP contribution in [0.2, 0.25) is 5.02 Å². The van der Waals surface area contributed by atoms with E-state index in [2.05, 4.69) is 10.6 Å². The van der Waals surface area contributed by atoms with Crippen LogP contribution in [0.1, 0.15) is 49.2 Å². The summed E-state index contributed by atoms with van der Waals surface area (Å²) in [7, 11) is 0. The summed E-state index contributed by atoms with van der Waals surface area (Å²) in [6.07, 6.45) is 0.328. The molecule has 1 aliphatic heterocycles. The quantitative estimate of drug-likeness (QED) is 0.678. The van der Waals surface area contributed by atoms with Crippen molar-refractivity contribution in [3.63, 3.8) is 0 Å². The average molecular weight is 439 g/mol. The maximum atomic E-state index is 13.8. The highest BCUT2D eigenvalue weighted by Crippen LogP contribution is 2.36. The van der Waals surface area contributed by atoms with Crippen molar-refractivity contribution < 1.29 is 14.0 Å². The molecule has 1 aliphatic rings. The van der Waals surface area contributed by atoms with Crippen molar-refractivity contribution in [2.75, 3.05) is 0 Å². The van der Waals surface area contributed by atoms with Crippen LogP contribution in [0.15, 0.2) is 48.5 Å². The molecule has 1 heterocycles. The van der Waals surface area contributed by atoms with Gasteiger partial charge in [-0.3, -0.25) is 14.9 Å². The molecule has 3 rings (SSSR count). The SMILES string of the molecule is CC(C)(C)NC(=O)[C@@H]1C[C@H](C(=O)c2cccc(Cl)c2)[C@H](c2cccc(F)c2)N1.Cl. The second-order valence-corrected chi connectivity index (χ2v) is 8.64. The third-order valence-electron chi connectivity index (χ3n) is 4.74. The van der Waals surface area contributed by atoms with E-state index in [0.717, 1.165) is 0 Å². The zero-order chi connectivity index (χ0) is 20.5. The fourth-order valence-corrected chi connectivity index (χ4v) is 3.76. The Bertz CT molecular complexity index is 898. The monoisotopic (exact) mass is 438 g/mol. The minimum Gasteiger partial charge on any atom is -0.350 e. The molecule has 0 aromatic heterocycles. The van der Waals surface area contributed by atoms with E-state index in [4.69, 9.17) is 11.6 Å². The molecule has 29 heavy (non-hydrogen) atoms. The molecule has 0 spiro atoms. The number of ketones is 1. The first-order chi connectivity index (χ1) is 13.1. The summed E-state index contributed by atoms with van der Waals surface area (Å²) in [5.41, 5.74) is 0.742. The van der Waals surface area contributed by atoms with Crippen molar-refractivity contribution in [3.8, 4) is 0 Å². The Balaban J connectivity index is 0.00000300. The van der Waals surface area contributed by atoms with Crippen LogP contribution in [0.4, 0.5) is 4.39 Å². The van der Waals surface area contributed by atoms with Gasteiger partial charge in [-0.1, -0.05) is 35.9 Å². The van der Waals surface area contributed by atoms with Gasteiger partial charge in [0.2, 0.25) is 5.91 Å². The predicted octanol–water partition coefficient (Wildman–Crippen LogP) is 4.72. The molecule has 4 nitrogen and oxygen atoms in total. The van der Waals surface area contributed by atoms with Crippen LogP contribution in [-0.2, 0) is 4.79 Å². The smallest absolute Gasteiger partial charge is 0.237 e. The summed E-state index contributed by atoms with van der Waals surface area (Å²) < 4.78 is 13.8. The van der Waals surface area contributed by atoms with Crippen molar-refractivity contribution in [1.82, 2.24) is 10.6 Å². The third-order valence-corrected chi connectivity index (χ3v) is 4.98. The maximum absolute atomic E-state index is 13.8. The number of rotatable bonds is 4. The molecule has 156 valence electrons. The standard InChI is InChI=1S/C22H24ClFN2O2.ClH/c1-22(2,3)26-21(28)18-12-17(20(27)14-7-4-8-15(23)10-14)19(25-18)13-6-5-9-16(24)11-13;/h4-11,17-19,25H,12H2,1-3H3,(H,26,28);1H/t17-,18-,19-;/m0./s1. The van der Waals surface area contributed by atoms with E-state index in [1.807, 2.05) is 20.8 Å². The highest BCUT2D eigenvalue weighted by atomic mass is 35.5. The second-order valence-electron chi connectivity index (χ2n) is 8.21. The Labute approximate surface area is 181 Å². The first-order valence-electron chi connectivity index (χ1n) is 9.27. The molecule has 1 saturated heterocycles. The molecule has 0 radical (unpaired) electrons. The van der Waals surface area contributed by atoms with Gasteiger partial charge in [-0.15, -0.1) is 12.4 Å². The van der Waals surface area contributed by atoms with Gasteiger partial charge in [0, 0.05) is 28.1 Å². The molecule has 0 saturated carbocycles. The summed E-state index contributed by atoms with van der Waals surface area (Å²) in [5.74, 6) is -1.17. The van der Waals surface area contributed by atoms with Gasteiger partial charge in [-0.25, -0.2) is 4.39 Å². The van der Waals surface area contributed by atoms with Crippen molar-refractivity contribution in [1.29, 1.82) is 0 Å². The minimum atomic E-state index is -0.541. The lowest BCUT2D eigenvalue weighted by molar-refractivity contribution is -0.124. The lowest BCUT2D eigenvalue weighted by Crippen LogP contribution is -2.48. The fourth-order valence-electron chi connectivity index (χ4n) is 3.57. The Hall–Kier alpha value is -1.95. The minimum absolute atomic E-state index is 0. The first-order valence-corrected chi connectivity index (χ1v) is 9.65. The summed E-state index contributed by atoms with van der Waals surface area (Å²) in [6, 6.07) is 11.9. The van der Waals surface area contributed by atoms with E-state index in [1.165, 1.54) is 12.1 Å². The molecule has 0 aliphatic carbocycles. The molecule has 2 aromatic carbocycles. The molecule has 0 bridgehead atoms. The largest absolute Gasteiger partial charge is 0.350 e. The maximum Gasteiger partial charge on any atom is 0.237 e. The van der Waals surface area contributed by atoms with E-state index in [0.29, 0.717) is 22.6 Å². The number of Topliss-reactive ketones (excluding diaryl/α,β-unsaturated/α-hetero) is 1. The van der Waals surface area contributed by atoms with Gasteiger partial charge in [-0.2, -0.15) is 0 Å². The molecule has 7 heteroatoms. The van der Waals surface area contributed by atoms with Crippen LogP contribution in [0, 0.1) is 11.7 Å². The van der Waals surface area contributed by atoms with E-state index < -0.39 is 18.0 Å². The second kappa shape index (κ2) is 9.24. The van der Waals surface area contributed by atoms with Crippen LogP contribution < -0.4 is 10.6 Å². The van der Waals surface area contributed by atoms with Crippen LogP contribution in [0.25, 0.3) is 0 Å². The van der Waals surface area contributed by atoms with Gasteiger partial charge in [-0.05, 0) is 57.0 Å². The Morgan fingerprint density at radius 3 is 2.45 bits per heavy atom. The number of hydrogen-bond acceptors (Lipinski definition) is 3. The van der Waals surface area contributed by atoms with Crippen molar-refractivity contribution in [2.45, 2.75) is 44.8 Å². The molecular weight excluding hydrogens is 414 g/mol. The predicted molar refractivity (Wildman–Crippen MR) is 115 cm³/mol. The van der Waals surface area contributed by atoms with E-state index in [9.17, 15) is 14.0 Å². The summed E-state index contributed by atoms with van der Waals surface area (Å²) in [4.78, 5) is 25.9. The number of amides is 1. The van der Waals surface area contributed by atoms with Gasteiger partial charge >= 0.3 is 0 Å². The Morgan fingerprint density at radius 2 is 1.83 bits per heavy atom. The number of carbonyl (C=O) groups is 2. The van der Waals surface area contributed by atoms with Gasteiger partial charge in [0.25, 0.3) is 0 Å². The molecule has 1 fully saturated rings. The fraction of sp³-hybridized carbons (Fsp3) is 0.364. The Kier molecular flexibility index (Phi) is 7.44. The van der Waals surface area contributed by atoms with Crippen molar-refractivity contribution >= 4 is 35.7 Å². The van der Waals surface area contributed by atoms with E-state index in [1.54, 1.807) is 36.4 Å². The topological polar surface area (TPSA) is 58.2 Å². The number of benzene rings is 2.